The summed E-state index contributed by atoms with van der Waals surface area (Å²) in [5, 5.41) is 3.62. The van der Waals surface area contributed by atoms with Crippen LogP contribution in [0.15, 0.2) is 0 Å². The molecule has 0 aromatic carbocycles. The Kier molecular flexibility index (Phi) is 5.82. The van der Waals surface area contributed by atoms with Crippen molar-refractivity contribution in [3.63, 3.8) is 0 Å². The van der Waals surface area contributed by atoms with E-state index in [9.17, 15) is 0 Å². The third kappa shape index (κ3) is 10.2. The van der Waals surface area contributed by atoms with Gasteiger partial charge in [-0.1, -0.05) is 20.8 Å². The fourth-order valence-electron chi connectivity index (χ4n) is 2.24. The van der Waals surface area contributed by atoms with Gasteiger partial charge in [0.2, 0.25) is 0 Å². The zero-order valence-corrected chi connectivity index (χ0v) is 11.5. The van der Waals surface area contributed by atoms with Gasteiger partial charge in [-0.05, 0) is 52.0 Å². The van der Waals surface area contributed by atoms with E-state index in [0.717, 1.165) is 13.0 Å². The molecule has 15 heavy (non-hydrogen) atoms. The van der Waals surface area contributed by atoms with Crippen LogP contribution in [-0.2, 0) is 0 Å². The summed E-state index contributed by atoms with van der Waals surface area (Å²) in [6.45, 7) is 14.6. The number of hydrogen-bond donors (Lipinski definition) is 2. The van der Waals surface area contributed by atoms with E-state index in [0.29, 0.717) is 11.5 Å². The minimum Gasteiger partial charge on any atom is -0.328 e. The van der Waals surface area contributed by atoms with Crippen LogP contribution in [0.2, 0.25) is 0 Å². The van der Waals surface area contributed by atoms with Crippen molar-refractivity contribution >= 4 is 0 Å². The van der Waals surface area contributed by atoms with E-state index < -0.39 is 0 Å². The van der Waals surface area contributed by atoms with Crippen molar-refractivity contribution < 1.29 is 0 Å². The molecular formula is C13H30N2. The molecule has 0 aliphatic carbocycles. The number of nitrogens with two attached hydrogens (primary N) is 1. The van der Waals surface area contributed by atoms with Gasteiger partial charge in [0.1, 0.15) is 0 Å². The van der Waals surface area contributed by atoms with Crippen molar-refractivity contribution in [3.05, 3.63) is 0 Å². The molecule has 0 fully saturated rings. The Labute approximate surface area is 96.0 Å². The highest BCUT2D eigenvalue weighted by Gasteiger charge is 2.24. The van der Waals surface area contributed by atoms with Gasteiger partial charge in [-0.3, -0.25) is 0 Å². The fraction of sp³-hybridized carbons (Fsp3) is 1.00. The van der Waals surface area contributed by atoms with Crippen LogP contribution in [-0.4, -0.2) is 18.1 Å². The average molecular weight is 214 g/mol. The number of rotatable bonds is 6. The summed E-state index contributed by atoms with van der Waals surface area (Å²) in [4.78, 5) is 0. The van der Waals surface area contributed by atoms with Gasteiger partial charge in [-0.2, -0.15) is 0 Å². The molecule has 2 heteroatoms. The van der Waals surface area contributed by atoms with Gasteiger partial charge in [0.15, 0.2) is 0 Å². The molecule has 0 heterocycles. The molecule has 0 aromatic rings. The first kappa shape index (κ1) is 14.9. The van der Waals surface area contributed by atoms with Crippen molar-refractivity contribution in [2.75, 3.05) is 6.54 Å². The van der Waals surface area contributed by atoms with E-state index in [2.05, 4.69) is 46.9 Å². The van der Waals surface area contributed by atoms with Gasteiger partial charge in [0.05, 0.1) is 0 Å². The Morgan fingerprint density at radius 1 is 1.13 bits per heavy atom. The lowest BCUT2D eigenvalue weighted by Gasteiger charge is -2.33. The maximum absolute atomic E-state index is 5.72. The normalized spacial score (nSPS) is 15.4. The molecule has 2 nitrogen and oxygen atoms in total. The first-order valence-corrected chi connectivity index (χ1v) is 6.13. The summed E-state index contributed by atoms with van der Waals surface area (Å²) >= 11 is 0. The highest BCUT2D eigenvalue weighted by atomic mass is 14.9. The van der Waals surface area contributed by atoms with E-state index in [1.54, 1.807) is 0 Å². The highest BCUT2D eigenvalue weighted by Crippen LogP contribution is 2.26. The van der Waals surface area contributed by atoms with E-state index in [4.69, 9.17) is 5.73 Å². The lowest BCUT2D eigenvalue weighted by Crippen LogP contribution is -2.43. The van der Waals surface area contributed by atoms with E-state index in [1.807, 2.05) is 0 Å². The lowest BCUT2D eigenvalue weighted by atomic mass is 9.82. The molecule has 0 aliphatic rings. The maximum atomic E-state index is 5.72. The minimum absolute atomic E-state index is 0.232. The van der Waals surface area contributed by atoms with Gasteiger partial charge < -0.3 is 11.1 Å². The average Bonchev–Trinajstić information content (AvgIpc) is 1.93. The molecule has 0 saturated carbocycles. The van der Waals surface area contributed by atoms with Crippen LogP contribution in [0.25, 0.3) is 0 Å². The SMILES string of the molecule is CC(N)CCCNC(C)(C)CC(C)(C)C. The van der Waals surface area contributed by atoms with E-state index >= 15 is 0 Å². The second kappa shape index (κ2) is 5.86. The van der Waals surface area contributed by atoms with Crippen molar-refractivity contribution in [1.29, 1.82) is 0 Å². The quantitative estimate of drug-likeness (QED) is 0.667. The predicted octanol–water partition coefficient (Wildman–Crippen LogP) is 2.92. The zero-order valence-electron chi connectivity index (χ0n) is 11.5. The van der Waals surface area contributed by atoms with E-state index in [-0.39, 0.29) is 5.54 Å². The molecule has 1 atom stereocenters. The smallest absolute Gasteiger partial charge is 0.0130 e. The van der Waals surface area contributed by atoms with Crippen molar-refractivity contribution in [1.82, 2.24) is 5.32 Å². The monoisotopic (exact) mass is 214 g/mol. The molecule has 0 radical (unpaired) electrons. The predicted molar refractivity (Wildman–Crippen MR) is 69.0 cm³/mol. The van der Waals surface area contributed by atoms with Gasteiger partial charge in [0, 0.05) is 11.6 Å². The molecule has 3 N–H and O–H groups in total. The molecule has 0 aliphatic heterocycles. The molecule has 0 saturated heterocycles. The van der Waals surface area contributed by atoms with Crippen molar-refractivity contribution in [2.24, 2.45) is 11.1 Å². The molecular weight excluding hydrogens is 184 g/mol. The molecule has 0 aromatic heterocycles. The second-order valence-corrected chi connectivity index (χ2v) is 6.67. The Hall–Kier alpha value is -0.0800. The topological polar surface area (TPSA) is 38.0 Å². The Bertz CT molecular complexity index is 166. The number of nitrogens with one attached hydrogen (secondary N) is 1. The molecule has 0 amide bonds. The molecule has 1 unspecified atom stereocenters. The Balaban J connectivity index is 3.74. The van der Waals surface area contributed by atoms with E-state index in [1.165, 1.54) is 12.8 Å². The zero-order chi connectivity index (χ0) is 12.1. The van der Waals surface area contributed by atoms with Gasteiger partial charge in [-0.15, -0.1) is 0 Å². The third-order valence-corrected chi connectivity index (χ3v) is 2.41. The summed E-state index contributed by atoms with van der Waals surface area (Å²) in [6, 6.07) is 0.331. The molecule has 0 spiro atoms. The third-order valence-electron chi connectivity index (χ3n) is 2.41. The minimum atomic E-state index is 0.232. The summed E-state index contributed by atoms with van der Waals surface area (Å²) in [5.41, 5.74) is 6.34. The summed E-state index contributed by atoms with van der Waals surface area (Å²) in [5.74, 6) is 0. The first-order valence-electron chi connectivity index (χ1n) is 6.13. The van der Waals surface area contributed by atoms with Gasteiger partial charge in [0.25, 0.3) is 0 Å². The molecule has 0 rings (SSSR count). The molecule has 92 valence electrons. The summed E-state index contributed by atoms with van der Waals surface area (Å²) in [7, 11) is 0. The van der Waals surface area contributed by atoms with Gasteiger partial charge in [-0.25, -0.2) is 0 Å². The van der Waals surface area contributed by atoms with Crippen molar-refractivity contribution in [3.8, 4) is 0 Å². The maximum Gasteiger partial charge on any atom is 0.0130 e. The van der Waals surface area contributed by atoms with Crippen LogP contribution in [0.5, 0.6) is 0 Å². The molecule has 0 bridgehead atoms. The van der Waals surface area contributed by atoms with Crippen LogP contribution in [0.3, 0.4) is 0 Å². The van der Waals surface area contributed by atoms with Crippen LogP contribution < -0.4 is 11.1 Å². The largest absolute Gasteiger partial charge is 0.328 e. The fourth-order valence-corrected chi connectivity index (χ4v) is 2.24. The highest BCUT2D eigenvalue weighted by molar-refractivity contribution is 4.83. The van der Waals surface area contributed by atoms with Crippen LogP contribution in [0.4, 0.5) is 0 Å². The Morgan fingerprint density at radius 2 is 1.67 bits per heavy atom. The van der Waals surface area contributed by atoms with Gasteiger partial charge >= 0.3 is 0 Å². The van der Waals surface area contributed by atoms with Crippen LogP contribution >= 0.6 is 0 Å². The summed E-state index contributed by atoms with van der Waals surface area (Å²) in [6.07, 6.45) is 3.47. The standard InChI is InChI=1S/C13H30N2/c1-11(14)8-7-9-15-13(5,6)10-12(2,3)4/h11,15H,7-10,14H2,1-6H3. The number of hydrogen-bond acceptors (Lipinski definition) is 2. The first-order chi connectivity index (χ1) is 6.62. The Morgan fingerprint density at radius 3 is 2.07 bits per heavy atom. The van der Waals surface area contributed by atoms with Crippen LogP contribution in [0.1, 0.15) is 60.8 Å². The second-order valence-electron chi connectivity index (χ2n) is 6.67. The van der Waals surface area contributed by atoms with Crippen LogP contribution in [0, 0.1) is 5.41 Å². The summed E-state index contributed by atoms with van der Waals surface area (Å²) < 4.78 is 0. The lowest BCUT2D eigenvalue weighted by molar-refractivity contribution is 0.241. The van der Waals surface area contributed by atoms with Crippen molar-refractivity contribution in [2.45, 2.75) is 72.4 Å².